The zero-order valence-electron chi connectivity index (χ0n) is 12.6. The largest absolute Gasteiger partial charge is 0.366 e. The fourth-order valence-corrected chi connectivity index (χ4v) is 2.33. The minimum atomic E-state index is -1.41. The smallest absolute Gasteiger partial charge is 0.162 e. The van der Waals surface area contributed by atoms with Gasteiger partial charge in [-0.1, -0.05) is 71.6 Å². The van der Waals surface area contributed by atoms with Gasteiger partial charge in [-0.3, -0.25) is 0 Å². The molecule has 0 saturated carbocycles. The molecule has 0 aromatic rings. The Bertz CT molecular complexity index is 166. The Labute approximate surface area is 114 Å². The van der Waals surface area contributed by atoms with Crippen LogP contribution in [0.1, 0.15) is 97.3 Å². The van der Waals surface area contributed by atoms with Gasteiger partial charge in [-0.05, 0) is 12.8 Å². The zero-order chi connectivity index (χ0) is 13.7. The second-order valence-electron chi connectivity index (χ2n) is 5.66. The second-order valence-corrected chi connectivity index (χ2v) is 5.66. The van der Waals surface area contributed by atoms with Crippen LogP contribution in [-0.4, -0.2) is 16.0 Å². The highest BCUT2D eigenvalue weighted by atomic mass is 16.5. The highest BCUT2D eigenvalue weighted by Gasteiger charge is 2.20. The van der Waals surface area contributed by atoms with E-state index in [4.69, 9.17) is 0 Å². The average molecular weight is 258 g/mol. The predicted octanol–water partition coefficient (Wildman–Crippen LogP) is 4.78. The second kappa shape index (κ2) is 12.0. The van der Waals surface area contributed by atoms with Crippen molar-refractivity contribution in [1.82, 2.24) is 0 Å². The summed E-state index contributed by atoms with van der Waals surface area (Å²) in [4.78, 5) is 0. The summed E-state index contributed by atoms with van der Waals surface area (Å²) in [6, 6.07) is 0. The van der Waals surface area contributed by atoms with E-state index >= 15 is 0 Å². The normalized spacial score (nSPS) is 12.0. The number of aliphatic hydroxyl groups is 2. The molecule has 2 nitrogen and oxygen atoms in total. The first-order chi connectivity index (χ1) is 8.62. The molecule has 0 aliphatic heterocycles. The van der Waals surface area contributed by atoms with E-state index in [1.807, 2.05) is 0 Å². The predicted molar refractivity (Wildman–Crippen MR) is 78.5 cm³/mol. The summed E-state index contributed by atoms with van der Waals surface area (Å²) in [5.41, 5.74) is 0. The van der Waals surface area contributed by atoms with E-state index in [1.54, 1.807) is 0 Å². The third kappa shape index (κ3) is 12.4. The van der Waals surface area contributed by atoms with E-state index in [1.165, 1.54) is 38.5 Å². The SMILES string of the molecule is CCCCCCCCCCC(O)(O)CCCCC. The van der Waals surface area contributed by atoms with Crippen LogP contribution in [0.2, 0.25) is 0 Å². The topological polar surface area (TPSA) is 40.5 Å². The lowest BCUT2D eigenvalue weighted by atomic mass is 10.00. The maximum Gasteiger partial charge on any atom is 0.162 e. The van der Waals surface area contributed by atoms with E-state index in [0.717, 1.165) is 32.1 Å². The number of rotatable bonds is 13. The standard InChI is InChI=1S/C16H34O2/c1-3-5-7-8-9-10-11-13-15-16(17,18)14-12-6-4-2/h17-18H,3-15H2,1-2H3. The fraction of sp³-hybridized carbons (Fsp3) is 1.00. The van der Waals surface area contributed by atoms with Gasteiger partial charge in [0.15, 0.2) is 5.79 Å². The number of hydrogen-bond donors (Lipinski definition) is 2. The Hall–Kier alpha value is -0.0800. The Kier molecular flexibility index (Phi) is 11.9. The molecule has 0 fully saturated rings. The molecule has 0 aliphatic rings. The molecule has 0 saturated heterocycles. The molecule has 2 heteroatoms. The van der Waals surface area contributed by atoms with Crippen LogP contribution in [0.3, 0.4) is 0 Å². The van der Waals surface area contributed by atoms with Gasteiger partial charge in [0.2, 0.25) is 0 Å². The van der Waals surface area contributed by atoms with Crippen LogP contribution in [0.25, 0.3) is 0 Å². The lowest BCUT2D eigenvalue weighted by Gasteiger charge is -2.21. The van der Waals surface area contributed by atoms with Gasteiger partial charge in [0.05, 0.1) is 0 Å². The van der Waals surface area contributed by atoms with Crippen LogP contribution < -0.4 is 0 Å². The van der Waals surface area contributed by atoms with Gasteiger partial charge in [0, 0.05) is 12.8 Å². The highest BCUT2D eigenvalue weighted by molar-refractivity contribution is 4.64. The van der Waals surface area contributed by atoms with Crippen LogP contribution in [0.5, 0.6) is 0 Å². The Morgan fingerprint density at radius 2 is 0.889 bits per heavy atom. The molecule has 0 radical (unpaired) electrons. The van der Waals surface area contributed by atoms with Crippen LogP contribution in [0.15, 0.2) is 0 Å². The molecule has 18 heavy (non-hydrogen) atoms. The van der Waals surface area contributed by atoms with E-state index in [9.17, 15) is 10.2 Å². The van der Waals surface area contributed by atoms with Crippen LogP contribution in [-0.2, 0) is 0 Å². The van der Waals surface area contributed by atoms with Crippen molar-refractivity contribution in [3.05, 3.63) is 0 Å². The van der Waals surface area contributed by atoms with Crippen molar-refractivity contribution < 1.29 is 10.2 Å². The van der Waals surface area contributed by atoms with Crippen molar-refractivity contribution in [2.75, 3.05) is 0 Å². The third-order valence-corrected chi connectivity index (χ3v) is 3.61. The van der Waals surface area contributed by atoms with E-state index in [2.05, 4.69) is 13.8 Å². The van der Waals surface area contributed by atoms with E-state index < -0.39 is 5.79 Å². The first kappa shape index (κ1) is 17.9. The molecular formula is C16H34O2. The van der Waals surface area contributed by atoms with Crippen molar-refractivity contribution in [3.63, 3.8) is 0 Å². The quantitative estimate of drug-likeness (QED) is 0.369. The van der Waals surface area contributed by atoms with Gasteiger partial charge in [0.25, 0.3) is 0 Å². The molecule has 0 aromatic heterocycles. The molecule has 0 spiro atoms. The molecule has 110 valence electrons. The molecule has 0 rings (SSSR count). The number of hydrogen-bond acceptors (Lipinski definition) is 2. The fourth-order valence-electron chi connectivity index (χ4n) is 2.33. The lowest BCUT2D eigenvalue weighted by Crippen LogP contribution is -2.27. The summed E-state index contributed by atoms with van der Waals surface area (Å²) in [6.45, 7) is 4.37. The van der Waals surface area contributed by atoms with Crippen molar-refractivity contribution >= 4 is 0 Å². The first-order valence-corrected chi connectivity index (χ1v) is 8.07. The minimum Gasteiger partial charge on any atom is -0.366 e. The molecule has 0 heterocycles. The zero-order valence-corrected chi connectivity index (χ0v) is 12.6. The Morgan fingerprint density at radius 3 is 1.39 bits per heavy atom. The summed E-state index contributed by atoms with van der Waals surface area (Å²) in [5, 5.41) is 19.5. The summed E-state index contributed by atoms with van der Waals surface area (Å²) < 4.78 is 0. The monoisotopic (exact) mass is 258 g/mol. The first-order valence-electron chi connectivity index (χ1n) is 8.07. The highest BCUT2D eigenvalue weighted by Crippen LogP contribution is 2.20. The summed E-state index contributed by atoms with van der Waals surface area (Å²) >= 11 is 0. The molecular weight excluding hydrogens is 224 g/mol. The molecule has 0 amide bonds. The van der Waals surface area contributed by atoms with E-state index in [-0.39, 0.29) is 0 Å². The van der Waals surface area contributed by atoms with Gasteiger partial charge in [0.1, 0.15) is 0 Å². The minimum absolute atomic E-state index is 0.539. The van der Waals surface area contributed by atoms with E-state index in [0.29, 0.717) is 12.8 Å². The number of unbranched alkanes of at least 4 members (excludes halogenated alkanes) is 9. The Morgan fingerprint density at radius 1 is 0.556 bits per heavy atom. The van der Waals surface area contributed by atoms with Gasteiger partial charge in [-0.2, -0.15) is 0 Å². The molecule has 0 atom stereocenters. The van der Waals surface area contributed by atoms with Gasteiger partial charge < -0.3 is 10.2 Å². The molecule has 0 unspecified atom stereocenters. The van der Waals surface area contributed by atoms with Crippen LogP contribution in [0.4, 0.5) is 0 Å². The molecule has 0 aliphatic carbocycles. The van der Waals surface area contributed by atoms with Crippen molar-refractivity contribution in [2.45, 2.75) is 103 Å². The van der Waals surface area contributed by atoms with Crippen molar-refractivity contribution in [3.8, 4) is 0 Å². The summed E-state index contributed by atoms with van der Waals surface area (Å²) in [5.74, 6) is -1.41. The van der Waals surface area contributed by atoms with Crippen LogP contribution >= 0.6 is 0 Å². The Balaban J connectivity index is 3.30. The van der Waals surface area contributed by atoms with Gasteiger partial charge in [-0.25, -0.2) is 0 Å². The molecule has 2 N–H and O–H groups in total. The maximum atomic E-state index is 9.77. The van der Waals surface area contributed by atoms with Crippen molar-refractivity contribution in [1.29, 1.82) is 0 Å². The average Bonchev–Trinajstić information content (AvgIpc) is 2.33. The summed E-state index contributed by atoms with van der Waals surface area (Å²) in [6.07, 6.45) is 14.2. The van der Waals surface area contributed by atoms with Gasteiger partial charge >= 0.3 is 0 Å². The van der Waals surface area contributed by atoms with Crippen LogP contribution in [0, 0.1) is 0 Å². The lowest BCUT2D eigenvalue weighted by molar-refractivity contribution is -0.172. The molecule has 0 bridgehead atoms. The summed E-state index contributed by atoms with van der Waals surface area (Å²) in [7, 11) is 0. The third-order valence-electron chi connectivity index (χ3n) is 3.61. The maximum absolute atomic E-state index is 9.77. The van der Waals surface area contributed by atoms with Gasteiger partial charge in [-0.15, -0.1) is 0 Å². The molecule has 0 aromatic carbocycles. The van der Waals surface area contributed by atoms with Crippen molar-refractivity contribution in [2.24, 2.45) is 0 Å².